The summed E-state index contributed by atoms with van der Waals surface area (Å²) in [7, 11) is 0. The Morgan fingerprint density at radius 2 is 2.00 bits per heavy atom. The quantitative estimate of drug-likeness (QED) is 0.692. The van der Waals surface area contributed by atoms with Gasteiger partial charge in [-0.1, -0.05) is 47.5 Å². The smallest absolute Gasteiger partial charge is 0.235 e. The van der Waals surface area contributed by atoms with Gasteiger partial charge in [0, 0.05) is 5.56 Å². The maximum atomic E-state index is 10.8. The number of piperidine rings is 1. The zero-order chi connectivity index (χ0) is 18.4. The van der Waals surface area contributed by atoms with Crippen LogP contribution in [-0.4, -0.2) is 32.8 Å². The van der Waals surface area contributed by atoms with Crippen molar-refractivity contribution in [3.05, 3.63) is 44.5 Å². The number of halogens is 2. The molecule has 3 heterocycles. The van der Waals surface area contributed by atoms with Crippen molar-refractivity contribution in [2.24, 2.45) is 5.92 Å². The number of aromatic nitrogens is 3. The molecule has 1 saturated heterocycles. The van der Waals surface area contributed by atoms with Crippen molar-refractivity contribution in [2.45, 2.75) is 32.7 Å². The van der Waals surface area contributed by atoms with E-state index in [1.54, 1.807) is 0 Å². The van der Waals surface area contributed by atoms with Gasteiger partial charge in [0.2, 0.25) is 10.8 Å². The second-order valence-corrected chi connectivity index (χ2v) is 8.91. The first-order chi connectivity index (χ1) is 12.4. The lowest BCUT2D eigenvalue weighted by Crippen LogP contribution is -3.13. The zero-order valence-corrected chi connectivity index (χ0v) is 17.0. The van der Waals surface area contributed by atoms with Gasteiger partial charge in [-0.05, 0) is 37.8 Å². The van der Waals surface area contributed by atoms with Crippen LogP contribution >= 0.6 is 34.5 Å². The third-order valence-electron chi connectivity index (χ3n) is 5.17. The van der Waals surface area contributed by atoms with E-state index in [1.807, 2.05) is 25.1 Å². The fourth-order valence-corrected chi connectivity index (χ4v) is 5.22. The summed E-state index contributed by atoms with van der Waals surface area (Å²) in [5, 5.41) is 16.2. The molecule has 0 amide bonds. The van der Waals surface area contributed by atoms with Crippen LogP contribution in [-0.2, 0) is 0 Å². The third kappa shape index (κ3) is 3.20. The third-order valence-corrected chi connectivity index (χ3v) is 6.99. The van der Waals surface area contributed by atoms with E-state index in [0.717, 1.165) is 29.4 Å². The van der Waals surface area contributed by atoms with Crippen LogP contribution in [0.3, 0.4) is 0 Å². The maximum absolute atomic E-state index is 10.8. The van der Waals surface area contributed by atoms with E-state index in [-0.39, 0.29) is 11.9 Å². The van der Waals surface area contributed by atoms with Gasteiger partial charge in [0.25, 0.3) is 0 Å². The van der Waals surface area contributed by atoms with E-state index in [2.05, 4.69) is 17.0 Å². The van der Waals surface area contributed by atoms with E-state index >= 15 is 0 Å². The lowest BCUT2D eigenvalue weighted by molar-refractivity contribution is -0.931. The lowest BCUT2D eigenvalue weighted by Gasteiger charge is -2.33. The number of fused-ring (bicyclic) bond motifs is 1. The van der Waals surface area contributed by atoms with Gasteiger partial charge in [0.05, 0.1) is 23.1 Å². The fraction of sp³-hybridized carbons (Fsp3) is 0.444. The highest BCUT2D eigenvalue weighted by Crippen LogP contribution is 2.37. The van der Waals surface area contributed by atoms with Gasteiger partial charge in [-0.25, -0.2) is 4.98 Å². The molecule has 1 aromatic carbocycles. The van der Waals surface area contributed by atoms with Crippen LogP contribution < -0.4 is 4.90 Å². The summed E-state index contributed by atoms with van der Waals surface area (Å²) in [5.41, 5.74) is 1.06. The molecule has 5 nitrogen and oxygen atoms in total. The monoisotopic (exact) mass is 411 g/mol. The summed E-state index contributed by atoms with van der Waals surface area (Å²) >= 11 is 13.9. The van der Waals surface area contributed by atoms with Crippen molar-refractivity contribution in [3.63, 3.8) is 0 Å². The Kier molecular flexibility index (Phi) is 4.86. The molecule has 1 aliphatic rings. The van der Waals surface area contributed by atoms with E-state index < -0.39 is 0 Å². The number of quaternary nitrogens is 1. The molecule has 1 fully saturated rings. The highest BCUT2D eigenvalue weighted by molar-refractivity contribution is 7.17. The molecule has 3 aromatic rings. The fourth-order valence-electron chi connectivity index (χ4n) is 3.72. The number of aryl methyl sites for hydroxylation is 1. The summed E-state index contributed by atoms with van der Waals surface area (Å²) < 4.78 is 1.53. The van der Waals surface area contributed by atoms with Gasteiger partial charge < -0.3 is 10.0 Å². The highest BCUT2D eigenvalue weighted by atomic mass is 35.5. The predicted molar refractivity (Wildman–Crippen MR) is 105 cm³/mol. The van der Waals surface area contributed by atoms with Crippen LogP contribution in [0.25, 0.3) is 4.96 Å². The molecule has 0 radical (unpaired) electrons. The van der Waals surface area contributed by atoms with Crippen LogP contribution in [0, 0.1) is 12.8 Å². The molecule has 4 rings (SSSR count). The Morgan fingerprint density at radius 1 is 1.27 bits per heavy atom. The average molecular weight is 412 g/mol. The molecule has 138 valence electrons. The highest BCUT2D eigenvalue weighted by Gasteiger charge is 2.35. The summed E-state index contributed by atoms with van der Waals surface area (Å²) in [5.74, 6) is 1.57. The maximum Gasteiger partial charge on any atom is 0.235 e. The number of rotatable bonds is 3. The van der Waals surface area contributed by atoms with E-state index in [4.69, 9.17) is 23.2 Å². The number of likely N-dealkylation sites (tertiary alicyclic amines) is 1. The normalized spacial score (nSPS) is 22.0. The number of hydrogen-bond acceptors (Lipinski definition) is 4. The SMILES string of the molecule is Cc1nc2sc([C@@H](c3ccc(Cl)c(Cl)c3)[NH+]3CCC(C)CC3)c(O)n2n1. The summed E-state index contributed by atoms with van der Waals surface area (Å²) in [6.07, 6.45) is 2.35. The number of hydrogen-bond donors (Lipinski definition) is 2. The number of thiazole rings is 1. The molecule has 0 aliphatic carbocycles. The number of aromatic hydroxyl groups is 1. The molecule has 0 spiro atoms. The minimum atomic E-state index is -0.00827. The molecule has 0 bridgehead atoms. The summed E-state index contributed by atoms with van der Waals surface area (Å²) in [6.45, 7) is 6.23. The van der Waals surface area contributed by atoms with Crippen molar-refractivity contribution in [2.75, 3.05) is 13.1 Å². The van der Waals surface area contributed by atoms with Crippen molar-refractivity contribution in [1.82, 2.24) is 14.6 Å². The molecule has 8 heteroatoms. The van der Waals surface area contributed by atoms with Gasteiger partial charge in [0.15, 0.2) is 6.04 Å². The van der Waals surface area contributed by atoms with Gasteiger partial charge >= 0.3 is 0 Å². The van der Waals surface area contributed by atoms with Crippen LogP contribution in [0.4, 0.5) is 0 Å². The van der Waals surface area contributed by atoms with Crippen molar-refractivity contribution >= 4 is 39.5 Å². The van der Waals surface area contributed by atoms with Gasteiger partial charge in [-0.3, -0.25) is 0 Å². The first kappa shape index (κ1) is 18.0. The van der Waals surface area contributed by atoms with Crippen LogP contribution in [0.1, 0.15) is 42.1 Å². The van der Waals surface area contributed by atoms with Crippen LogP contribution in [0.5, 0.6) is 5.88 Å². The Balaban J connectivity index is 1.82. The van der Waals surface area contributed by atoms with Gasteiger partial charge in [-0.15, -0.1) is 5.10 Å². The molecule has 1 aliphatic heterocycles. The zero-order valence-electron chi connectivity index (χ0n) is 14.7. The van der Waals surface area contributed by atoms with E-state index in [0.29, 0.717) is 20.8 Å². The molecule has 1 atom stereocenters. The molecule has 2 N–H and O–H groups in total. The first-order valence-corrected chi connectivity index (χ1v) is 10.4. The minimum absolute atomic E-state index is 0.00827. The number of benzene rings is 1. The number of nitrogens with zero attached hydrogens (tertiary/aromatic N) is 3. The molecule has 2 aromatic heterocycles. The Hall–Kier alpha value is -1.34. The van der Waals surface area contributed by atoms with Gasteiger partial charge in [0.1, 0.15) is 10.7 Å². The van der Waals surface area contributed by atoms with Crippen LogP contribution in [0.2, 0.25) is 10.0 Å². The standard InChI is InChI=1S/C18H20Cl2N4OS/c1-10-5-7-23(8-6-10)15(12-3-4-13(19)14(20)9-12)16-17(25)24-18(26-16)21-11(2)22-24/h3-4,9-10,15,25H,5-8H2,1-2H3/p+1/t15-/m1/s1. The average Bonchev–Trinajstić information content (AvgIpc) is 3.11. The van der Waals surface area contributed by atoms with Crippen molar-refractivity contribution in [3.8, 4) is 5.88 Å². The minimum Gasteiger partial charge on any atom is -0.492 e. The topological polar surface area (TPSA) is 54.9 Å². The van der Waals surface area contributed by atoms with E-state index in [9.17, 15) is 5.11 Å². The first-order valence-electron chi connectivity index (χ1n) is 8.78. The summed E-state index contributed by atoms with van der Waals surface area (Å²) in [4.78, 5) is 7.43. The summed E-state index contributed by atoms with van der Waals surface area (Å²) in [6, 6.07) is 5.74. The molecule has 0 unspecified atom stereocenters. The Morgan fingerprint density at radius 3 is 2.65 bits per heavy atom. The molecular formula is C18H21Cl2N4OS+. The largest absolute Gasteiger partial charge is 0.492 e. The van der Waals surface area contributed by atoms with Crippen molar-refractivity contribution < 1.29 is 10.0 Å². The number of nitrogens with one attached hydrogen (secondary N) is 1. The second kappa shape index (κ2) is 7.00. The van der Waals surface area contributed by atoms with Crippen LogP contribution in [0.15, 0.2) is 18.2 Å². The molecule has 0 saturated carbocycles. The van der Waals surface area contributed by atoms with E-state index in [1.165, 1.54) is 33.6 Å². The lowest BCUT2D eigenvalue weighted by atomic mass is 9.95. The van der Waals surface area contributed by atoms with Gasteiger partial charge in [-0.2, -0.15) is 4.52 Å². The van der Waals surface area contributed by atoms with Crippen molar-refractivity contribution in [1.29, 1.82) is 0 Å². The second-order valence-electron chi connectivity index (χ2n) is 7.09. The predicted octanol–water partition coefficient (Wildman–Crippen LogP) is 3.52. The molecule has 26 heavy (non-hydrogen) atoms. The Labute approximate surface area is 166 Å². The Bertz CT molecular complexity index is 946. The molecular weight excluding hydrogens is 391 g/mol.